The Labute approximate surface area is 167 Å². The van der Waals surface area contributed by atoms with Crippen molar-refractivity contribution < 1.29 is 0 Å². The van der Waals surface area contributed by atoms with Crippen LogP contribution in [0, 0.1) is 13.8 Å². The SMILES string of the molecule is CC.CCc1nc(-c2cnc(Nc3ccc(C)cc3)c(Cl)c2)n(CC)c1C. The fourth-order valence-electron chi connectivity index (χ4n) is 2.95. The minimum absolute atomic E-state index is 0.583. The van der Waals surface area contributed by atoms with Gasteiger partial charge in [0.25, 0.3) is 0 Å². The lowest BCUT2D eigenvalue weighted by atomic mass is 10.2. The molecule has 5 heteroatoms. The second-order valence-electron chi connectivity index (χ2n) is 6.11. The van der Waals surface area contributed by atoms with Crippen molar-refractivity contribution in [2.45, 2.75) is 54.5 Å². The third-order valence-corrected chi connectivity index (χ3v) is 4.67. The van der Waals surface area contributed by atoms with E-state index in [4.69, 9.17) is 16.6 Å². The van der Waals surface area contributed by atoms with Gasteiger partial charge in [0.15, 0.2) is 0 Å². The van der Waals surface area contributed by atoms with Crippen LogP contribution in [-0.2, 0) is 13.0 Å². The fourth-order valence-corrected chi connectivity index (χ4v) is 3.17. The Morgan fingerprint density at radius 2 is 1.74 bits per heavy atom. The van der Waals surface area contributed by atoms with Gasteiger partial charge in [0, 0.05) is 29.7 Å². The molecule has 1 N–H and O–H groups in total. The molecule has 0 radical (unpaired) electrons. The number of hydrogen-bond donors (Lipinski definition) is 1. The van der Waals surface area contributed by atoms with Crippen LogP contribution in [0.1, 0.15) is 44.6 Å². The highest BCUT2D eigenvalue weighted by atomic mass is 35.5. The highest BCUT2D eigenvalue weighted by Gasteiger charge is 2.15. The number of nitrogens with zero attached hydrogens (tertiary/aromatic N) is 3. The Kier molecular flexibility index (Phi) is 7.43. The Morgan fingerprint density at radius 1 is 1.07 bits per heavy atom. The first-order valence-corrected chi connectivity index (χ1v) is 9.96. The first-order chi connectivity index (χ1) is 13.0. The van der Waals surface area contributed by atoms with Gasteiger partial charge in [0.05, 0.1) is 10.7 Å². The first-order valence-electron chi connectivity index (χ1n) is 9.59. The molecular formula is C22H29ClN4. The Hall–Kier alpha value is -2.33. The summed E-state index contributed by atoms with van der Waals surface area (Å²) in [6.07, 6.45) is 2.75. The van der Waals surface area contributed by atoms with Crippen molar-refractivity contribution in [3.63, 3.8) is 0 Å². The van der Waals surface area contributed by atoms with Gasteiger partial charge in [0.1, 0.15) is 11.6 Å². The molecule has 0 aliphatic heterocycles. The topological polar surface area (TPSA) is 42.7 Å². The first kappa shape index (κ1) is 21.0. The van der Waals surface area contributed by atoms with Crippen molar-refractivity contribution in [1.29, 1.82) is 0 Å². The monoisotopic (exact) mass is 384 g/mol. The third kappa shape index (κ3) is 4.69. The van der Waals surface area contributed by atoms with Crippen LogP contribution in [0.25, 0.3) is 11.4 Å². The smallest absolute Gasteiger partial charge is 0.149 e. The van der Waals surface area contributed by atoms with E-state index in [0.717, 1.165) is 35.7 Å². The van der Waals surface area contributed by atoms with E-state index in [1.54, 1.807) is 0 Å². The summed E-state index contributed by atoms with van der Waals surface area (Å²) in [5.74, 6) is 1.57. The molecular weight excluding hydrogens is 356 g/mol. The van der Waals surface area contributed by atoms with Gasteiger partial charge < -0.3 is 9.88 Å². The maximum Gasteiger partial charge on any atom is 0.149 e. The minimum Gasteiger partial charge on any atom is -0.339 e. The largest absolute Gasteiger partial charge is 0.339 e. The summed E-state index contributed by atoms with van der Waals surface area (Å²) >= 11 is 6.47. The average Bonchev–Trinajstić information content (AvgIpc) is 3.02. The molecule has 0 saturated carbocycles. The van der Waals surface area contributed by atoms with Crippen molar-refractivity contribution in [2.24, 2.45) is 0 Å². The summed E-state index contributed by atoms with van der Waals surface area (Å²) in [5.41, 5.74) is 5.44. The molecule has 0 amide bonds. The molecule has 144 valence electrons. The molecule has 1 aromatic carbocycles. The third-order valence-electron chi connectivity index (χ3n) is 4.38. The Morgan fingerprint density at radius 3 is 2.30 bits per heavy atom. The highest BCUT2D eigenvalue weighted by Crippen LogP contribution is 2.29. The normalized spacial score (nSPS) is 10.3. The molecule has 0 atom stereocenters. The second kappa shape index (κ2) is 9.56. The van der Waals surface area contributed by atoms with Gasteiger partial charge >= 0.3 is 0 Å². The molecule has 0 bridgehead atoms. The molecule has 0 unspecified atom stereocenters. The number of nitrogens with one attached hydrogen (secondary N) is 1. The zero-order valence-corrected chi connectivity index (χ0v) is 17.9. The summed E-state index contributed by atoms with van der Waals surface area (Å²) in [6, 6.07) is 10.1. The summed E-state index contributed by atoms with van der Waals surface area (Å²) in [7, 11) is 0. The van der Waals surface area contributed by atoms with Crippen LogP contribution < -0.4 is 5.32 Å². The summed E-state index contributed by atoms with van der Waals surface area (Å²) in [4.78, 5) is 9.29. The predicted octanol–water partition coefficient (Wildman–Crippen LogP) is 6.57. The molecule has 0 aliphatic carbocycles. The molecule has 27 heavy (non-hydrogen) atoms. The lowest BCUT2D eigenvalue weighted by Crippen LogP contribution is -2.01. The van der Waals surface area contributed by atoms with E-state index in [0.29, 0.717) is 10.8 Å². The summed E-state index contributed by atoms with van der Waals surface area (Å²) in [6.45, 7) is 13.3. The van der Waals surface area contributed by atoms with E-state index in [1.165, 1.54) is 11.3 Å². The number of halogens is 1. The van der Waals surface area contributed by atoms with Crippen LogP contribution >= 0.6 is 11.6 Å². The lowest BCUT2D eigenvalue weighted by Gasteiger charge is -2.10. The van der Waals surface area contributed by atoms with Gasteiger partial charge in [-0.1, -0.05) is 50.1 Å². The number of benzene rings is 1. The highest BCUT2D eigenvalue weighted by molar-refractivity contribution is 6.33. The van der Waals surface area contributed by atoms with Crippen molar-refractivity contribution in [2.75, 3.05) is 5.32 Å². The zero-order valence-electron chi connectivity index (χ0n) is 17.1. The van der Waals surface area contributed by atoms with Gasteiger partial charge in [0.2, 0.25) is 0 Å². The summed E-state index contributed by atoms with van der Waals surface area (Å²) in [5, 5.41) is 3.85. The van der Waals surface area contributed by atoms with Gasteiger partial charge in [-0.3, -0.25) is 0 Å². The number of aryl methyl sites for hydroxylation is 2. The number of hydrogen-bond acceptors (Lipinski definition) is 3. The van der Waals surface area contributed by atoms with Crippen molar-refractivity contribution in [3.05, 3.63) is 58.5 Å². The van der Waals surface area contributed by atoms with Crippen LogP contribution in [0.5, 0.6) is 0 Å². The molecule has 0 spiro atoms. The predicted molar refractivity (Wildman–Crippen MR) is 116 cm³/mol. The van der Waals surface area contributed by atoms with E-state index in [1.807, 2.05) is 38.2 Å². The molecule has 0 fully saturated rings. The molecule has 2 heterocycles. The van der Waals surface area contributed by atoms with E-state index >= 15 is 0 Å². The van der Waals surface area contributed by atoms with Crippen LogP contribution in [0.15, 0.2) is 36.5 Å². The van der Waals surface area contributed by atoms with E-state index in [2.05, 4.69) is 54.7 Å². The number of aromatic nitrogens is 3. The van der Waals surface area contributed by atoms with Crippen molar-refractivity contribution in [1.82, 2.24) is 14.5 Å². The molecule has 3 rings (SSSR count). The maximum absolute atomic E-state index is 6.47. The summed E-state index contributed by atoms with van der Waals surface area (Å²) < 4.78 is 2.21. The Bertz CT molecular complexity index is 882. The minimum atomic E-state index is 0.583. The van der Waals surface area contributed by atoms with Crippen LogP contribution in [0.2, 0.25) is 5.02 Å². The van der Waals surface area contributed by atoms with Crippen molar-refractivity contribution in [3.8, 4) is 11.4 Å². The van der Waals surface area contributed by atoms with E-state index in [-0.39, 0.29) is 0 Å². The van der Waals surface area contributed by atoms with Crippen LogP contribution in [0.3, 0.4) is 0 Å². The lowest BCUT2D eigenvalue weighted by molar-refractivity contribution is 0.742. The van der Waals surface area contributed by atoms with Gasteiger partial charge in [-0.15, -0.1) is 0 Å². The zero-order chi connectivity index (χ0) is 20.0. The van der Waals surface area contributed by atoms with Crippen molar-refractivity contribution >= 4 is 23.1 Å². The standard InChI is InChI=1S/C20H23ClN4.C2H6/c1-5-18-14(4)25(6-2)20(24-18)15-11-17(21)19(22-12-15)23-16-9-7-13(3)8-10-16;1-2/h7-12H,5-6H2,1-4H3,(H,22,23);1-2H3. The quantitative estimate of drug-likeness (QED) is 0.541. The van der Waals surface area contributed by atoms with Gasteiger partial charge in [-0.25, -0.2) is 9.97 Å². The maximum atomic E-state index is 6.47. The molecule has 4 nitrogen and oxygen atoms in total. The van der Waals surface area contributed by atoms with E-state index < -0.39 is 0 Å². The second-order valence-corrected chi connectivity index (χ2v) is 6.52. The average molecular weight is 385 g/mol. The molecule has 2 aromatic heterocycles. The fraction of sp³-hybridized carbons (Fsp3) is 0.364. The Balaban J connectivity index is 0.00000126. The van der Waals surface area contributed by atoms with Gasteiger partial charge in [-0.2, -0.15) is 0 Å². The number of rotatable bonds is 5. The van der Waals surface area contributed by atoms with Crippen LogP contribution in [0.4, 0.5) is 11.5 Å². The van der Waals surface area contributed by atoms with Crippen LogP contribution in [-0.4, -0.2) is 14.5 Å². The molecule has 0 aliphatic rings. The molecule has 0 saturated heterocycles. The van der Waals surface area contributed by atoms with E-state index in [9.17, 15) is 0 Å². The van der Waals surface area contributed by atoms with Gasteiger partial charge in [-0.05, 0) is 45.4 Å². The molecule has 3 aromatic rings. The number of anilines is 2. The number of imidazole rings is 1. The number of pyridine rings is 1.